The zero-order valence-electron chi connectivity index (χ0n) is 23.1. The molecule has 3 rings (SSSR count). The molecule has 0 aliphatic carbocycles. The number of rotatable bonds is 15. The molecular formula is C28H40N4O4S2. The molecule has 0 N–H and O–H groups in total. The molecule has 0 fully saturated rings. The smallest absolute Gasteiger partial charge is 0.260 e. The normalized spacial score (nSPS) is 12.0. The van der Waals surface area contributed by atoms with Gasteiger partial charge >= 0.3 is 0 Å². The molecule has 38 heavy (non-hydrogen) atoms. The van der Waals surface area contributed by atoms with Gasteiger partial charge in [0.2, 0.25) is 10.0 Å². The second kappa shape index (κ2) is 14.0. The molecule has 1 amide bonds. The summed E-state index contributed by atoms with van der Waals surface area (Å²) >= 11 is 1.46. The first-order chi connectivity index (χ1) is 18.2. The third-order valence-electron chi connectivity index (χ3n) is 6.31. The van der Waals surface area contributed by atoms with Crippen LogP contribution in [0.15, 0.2) is 47.4 Å². The van der Waals surface area contributed by atoms with E-state index in [1.54, 1.807) is 40.6 Å². The van der Waals surface area contributed by atoms with Crippen molar-refractivity contribution in [3.63, 3.8) is 0 Å². The summed E-state index contributed by atoms with van der Waals surface area (Å²) in [6.45, 7) is 6.43. The van der Waals surface area contributed by atoms with Crippen LogP contribution in [0.4, 0.5) is 5.13 Å². The van der Waals surface area contributed by atoms with Gasteiger partial charge in [0.25, 0.3) is 5.91 Å². The fraction of sp³-hybridized carbons (Fsp3) is 0.500. The molecule has 0 unspecified atom stereocenters. The van der Waals surface area contributed by atoms with Crippen molar-refractivity contribution in [2.24, 2.45) is 0 Å². The molecule has 0 aliphatic rings. The van der Waals surface area contributed by atoms with Crippen molar-refractivity contribution >= 4 is 42.6 Å². The lowest BCUT2D eigenvalue weighted by Crippen LogP contribution is -2.34. The molecule has 0 saturated heterocycles. The third kappa shape index (κ3) is 7.53. The van der Waals surface area contributed by atoms with E-state index in [0.29, 0.717) is 36.1 Å². The Hall–Kier alpha value is -2.53. The molecule has 1 heterocycles. The second-order valence-corrected chi connectivity index (χ2v) is 12.5. The average molecular weight is 561 g/mol. The maximum atomic E-state index is 13.7. The fourth-order valence-corrected chi connectivity index (χ4v) is 6.55. The maximum Gasteiger partial charge on any atom is 0.260 e. The Morgan fingerprint density at radius 1 is 0.921 bits per heavy atom. The fourth-order valence-electron chi connectivity index (χ4n) is 4.06. The molecular weight excluding hydrogens is 520 g/mol. The van der Waals surface area contributed by atoms with Crippen LogP contribution < -0.4 is 9.64 Å². The first-order valence-corrected chi connectivity index (χ1v) is 15.5. The van der Waals surface area contributed by atoms with Gasteiger partial charge in [0.15, 0.2) is 5.13 Å². The number of hydrogen-bond acceptors (Lipinski definition) is 7. The lowest BCUT2D eigenvalue weighted by Gasteiger charge is -2.23. The quantitative estimate of drug-likeness (QED) is 0.244. The number of amides is 1. The predicted molar refractivity (Wildman–Crippen MR) is 156 cm³/mol. The number of nitrogens with zero attached hydrogens (tertiary/aromatic N) is 4. The number of unbranched alkanes of at least 4 members (excludes halogenated alkanes) is 2. The van der Waals surface area contributed by atoms with Crippen molar-refractivity contribution in [2.75, 3.05) is 52.3 Å². The van der Waals surface area contributed by atoms with Crippen LogP contribution in [0.3, 0.4) is 0 Å². The standard InChI is InChI=1S/C28H40N4O4S2/c1-6-8-18-31(19-9-7-2)38(34,35)24-14-11-22(12-15-24)27(33)32(20-10-17-30(3)4)28-29-25-21-23(36-5)13-16-26(25)37-28/h11-16,21H,6-10,17-20H2,1-5H3. The monoisotopic (exact) mass is 560 g/mol. The summed E-state index contributed by atoms with van der Waals surface area (Å²) in [7, 11) is 1.99. The van der Waals surface area contributed by atoms with Gasteiger partial charge in [-0.15, -0.1) is 0 Å². The van der Waals surface area contributed by atoms with Crippen LogP contribution in [-0.4, -0.2) is 75.9 Å². The van der Waals surface area contributed by atoms with Crippen molar-refractivity contribution in [3.05, 3.63) is 48.0 Å². The van der Waals surface area contributed by atoms with Crippen molar-refractivity contribution in [1.82, 2.24) is 14.2 Å². The Morgan fingerprint density at radius 2 is 1.58 bits per heavy atom. The Labute approximate surface area is 231 Å². The summed E-state index contributed by atoms with van der Waals surface area (Å²) in [6, 6.07) is 12.0. The van der Waals surface area contributed by atoms with E-state index in [4.69, 9.17) is 9.72 Å². The number of anilines is 1. The highest BCUT2D eigenvalue weighted by Gasteiger charge is 2.25. The van der Waals surface area contributed by atoms with Crippen molar-refractivity contribution < 1.29 is 17.9 Å². The molecule has 3 aromatic rings. The van der Waals surface area contributed by atoms with Crippen LogP contribution >= 0.6 is 11.3 Å². The second-order valence-electron chi connectivity index (χ2n) is 9.58. The predicted octanol–water partition coefficient (Wildman–Crippen LogP) is 5.49. The highest BCUT2D eigenvalue weighted by Crippen LogP contribution is 2.32. The topological polar surface area (TPSA) is 83.1 Å². The van der Waals surface area contributed by atoms with E-state index >= 15 is 0 Å². The molecule has 0 atom stereocenters. The SMILES string of the molecule is CCCCN(CCCC)S(=O)(=O)c1ccc(C(=O)N(CCCN(C)C)c2nc3cc(OC)ccc3s2)cc1. The number of hydrogen-bond donors (Lipinski definition) is 0. The molecule has 0 spiro atoms. The van der Waals surface area contributed by atoms with Crippen LogP contribution in [0.2, 0.25) is 0 Å². The largest absolute Gasteiger partial charge is 0.497 e. The molecule has 208 valence electrons. The van der Waals surface area contributed by atoms with Crippen molar-refractivity contribution in [1.29, 1.82) is 0 Å². The van der Waals surface area contributed by atoms with E-state index in [9.17, 15) is 13.2 Å². The van der Waals surface area contributed by atoms with Gasteiger partial charge in [-0.3, -0.25) is 9.69 Å². The molecule has 0 bridgehead atoms. The number of carbonyl (C=O) groups excluding carboxylic acids is 1. The zero-order chi connectivity index (χ0) is 27.7. The lowest BCUT2D eigenvalue weighted by atomic mass is 10.2. The van der Waals surface area contributed by atoms with Gasteiger partial charge in [-0.25, -0.2) is 13.4 Å². The first-order valence-electron chi connectivity index (χ1n) is 13.2. The highest BCUT2D eigenvalue weighted by atomic mass is 32.2. The maximum absolute atomic E-state index is 13.7. The van der Waals surface area contributed by atoms with E-state index in [2.05, 4.69) is 18.7 Å². The molecule has 10 heteroatoms. The highest BCUT2D eigenvalue weighted by molar-refractivity contribution is 7.89. The minimum absolute atomic E-state index is 0.201. The van der Waals surface area contributed by atoms with Gasteiger partial charge in [0, 0.05) is 31.3 Å². The molecule has 1 aromatic heterocycles. The number of sulfonamides is 1. The van der Waals surface area contributed by atoms with Gasteiger partial charge in [0.05, 0.1) is 22.2 Å². The Morgan fingerprint density at radius 3 is 2.16 bits per heavy atom. The van der Waals surface area contributed by atoms with Crippen LogP contribution in [0.25, 0.3) is 10.2 Å². The first kappa shape index (κ1) is 30.0. The Balaban J connectivity index is 1.89. The number of aromatic nitrogens is 1. The van der Waals surface area contributed by atoms with E-state index in [1.165, 1.54) is 11.3 Å². The average Bonchev–Trinajstić information content (AvgIpc) is 3.33. The number of carbonyl (C=O) groups is 1. The minimum atomic E-state index is -3.63. The van der Waals surface area contributed by atoms with Crippen LogP contribution in [0, 0.1) is 0 Å². The molecule has 8 nitrogen and oxygen atoms in total. The number of fused-ring (bicyclic) bond motifs is 1. The summed E-state index contributed by atoms with van der Waals surface area (Å²) in [4.78, 5) is 22.4. The number of methoxy groups -OCH3 is 1. The number of thiazole rings is 1. The van der Waals surface area contributed by atoms with Crippen molar-refractivity contribution in [3.8, 4) is 5.75 Å². The van der Waals surface area contributed by atoms with Crippen LogP contribution in [0.5, 0.6) is 5.75 Å². The van der Waals surface area contributed by atoms with Crippen LogP contribution in [-0.2, 0) is 10.0 Å². The Bertz CT molecular complexity index is 1280. The van der Waals surface area contributed by atoms with Crippen LogP contribution in [0.1, 0.15) is 56.3 Å². The van der Waals surface area contributed by atoms with Gasteiger partial charge in [0.1, 0.15) is 5.75 Å². The molecule has 0 aliphatic heterocycles. The van der Waals surface area contributed by atoms with Gasteiger partial charge in [-0.05, 0) is 76.3 Å². The van der Waals surface area contributed by atoms with Gasteiger partial charge < -0.3 is 9.64 Å². The molecule has 0 radical (unpaired) electrons. The van der Waals surface area contributed by atoms with Gasteiger partial charge in [-0.1, -0.05) is 38.0 Å². The minimum Gasteiger partial charge on any atom is -0.497 e. The zero-order valence-corrected chi connectivity index (χ0v) is 24.8. The summed E-state index contributed by atoms with van der Waals surface area (Å²) < 4.78 is 34.5. The van der Waals surface area contributed by atoms with E-state index in [1.807, 2.05) is 32.3 Å². The molecule has 0 saturated carbocycles. The summed E-state index contributed by atoms with van der Waals surface area (Å²) in [5.41, 5.74) is 1.20. The summed E-state index contributed by atoms with van der Waals surface area (Å²) in [5.74, 6) is 0.510. The van der Waals surface area contributed by atoms with Gasteiger partial charge in [-0.2, -0.15) is 4.31 Å². The summed E-state index contributed by atoms with van der Waals surface area (Å²) in [6.07, 6.45) is 4.25. The number of benzene rings is 2. The van der Waals surface area contributed by atoms with Crippen molar-refractivity contribution in [2.45, 2.75) is 50.8 Å². The summed E-state index contributed by atoms with van der Waals surface area (Å²) in [5, 5.41) is 0.610. The van der Waals surface area contributed by atoms with E-state index < -0.39 is 10.0 Å². The number of ether oxygens (including phenoxy) is 1. The molecule has 2 aromatic carbocycles. The van der Waals surface area contributed by atoms with E-state index in [-0.39, 0.29) is 10.8 Å². The third-order valence-corrected chi connectivity index (χ3v) is 9.28. The Kier molecular flexibility index (Phi) is 11.1. The van der Waals surface area contributed by atoms with E-state index in [0.717, 1.165) is 48.9 Å². The lowest BCUT2D eigenvalue weighted by molar-refractivity contribution is 0.0986.